The summed E-state index contributed by atoms with van der Waals surface area (Å²) in [6, 6.07) is 8.28. The average molecular weight is 379 g/mol. The first-order valence-corrected chi connectivity index (χ1v) is 7.90. The Bertz CT molecular complexity index is 871. The molecule has 0 saturated heterocycles. The van der Waals surface area contributed by atoms with E-state index < -0.39 is 16.4 Å². The van der Waals surface area contributed by atoms with Gasteiger partial charge in [-0.3, -0.25) is 15.5 Å². The highest BCUT2D eigenvalue weighted by Crippen LogP contribution is 2.32. The quantitative estimate of drug-likeness (QED) is 0.323. The molecule has 0 spiro atoms. The van der Waals surface area contributed by atoms with Gasteiger partial charge in [0.1, 0.15) is 0 Å². The summed E-state index contributed by atoms with van der Waals surface area (Å²) in [5.41, 5.74) is 5.18. The molecule has 0 atom stereocenters. The standard InChI is InChI=1S/C16H15ClN4O3S/c1-9-3-4-13(10(2)5-9)19-16(25)20-18-8-11-6-12(17)7-14(15(11)22)21(23)24/h3-8,22H,1-2H3,(H2,19,20,25). The first-order valence-electron chi connectivity index (χ1n) is 7.12. The molecule has 9 heteroatoms. The monoisotopic (exact) mass is 378 g/mol. The molecule has 3 N–H and O–H groups in total. The molecule has 25 heavy (non-hydrogen) atoms. The first kappa shape index (κ1) is 18.6. The van der Waals surface area contributed by atoms with Crippen molar-refractivity contribution in [3.05, 3.63) is 62.2 Å². The minimum atomic E-state index is -0.724. The molecule has 0 aliphatic heterocycles. The fourth-order valence-corrected chi connectivity index (χ4v) is 2.49. The van der Waals surface area contributed by atoms with E-state index in [9.17, 15) is 15.2 Å². The summed E-state index contributed by atoms with van der Waals surface area (Å²) in [4.78, 5) is 10.1. The lowest BCUT2D eigenvalue weighted by Crippen LogP contribution is -2.24. The number of nitrogens with zero attached hydrogens (tertiary/aromatic N) is 2. The minimum absolute atomic E-state index is 0.0982. The van der Waals surface area contributed by atoms with Crippen molar-refractivity contribution in [3.63, 3.8) is 0 Å². The predicted molar refractivity (Wildman–Crippen MR) is 103 cm³/mol. The number of halogens is 1. The number of phenolic OH excluding ortho intramolecular Hbond substituents is 1. The first-order chi connectivity index (χ1) is 11.8. The van der Waals surface area contributed by atoms with E-state index in [1.54, 1.807) is 0 Å². The number of benzene rings is 2. The topological polar surface area (TPSA) is 99.8 Å². The zero-order valence-corrected chi connectivity index (χ0v) is 15.0. The number of hydrogen-bond acceptors (Lipinski definition) is 5. The van der Waals surface area contributed by atoms with Gasteiger partial charge in [0.2, 0.25) is 5.75 Å². The molecule has 0 aliphatic carbocycles. The molecule has 0 bridgehead atoms. The molecule has 0 aromatic heterocycles. The van der Waals surface area contributed by atoms with Gasteiger partial charge in [-0.2, -0.15) is 5.10 Å². The van der Waals surface area contributed by atoms with E-state index in [1.165, 1.54) is 12.3 Å². The van der Waals surface area contributed by atoms with Crippen LogP contribution in [-0.2, 0) is 0 Å². The third kappa shape index (κ3) is 4.88. The van der Waals surface area contributed by atoms with Gasteiger partial charge in [0, 0.05) is 22.3 Å². The number of rotatable bonds is 4. The van der Waals surface area contributed by atoms with Crippen LogP contribution >= 0.6 is 23.8 Å². The van der Waals surface area contributed by atoms with E-state index >= 15 is 0 Å². The van der Waals surface area contributed by atoms with E-state index in [4.69, 9.17) is 23.8 Å². The fraction of sp³-hybridized carbons (Fsp3) is 0.125. The van der Waals surface area contributed by atoms with Crippen LogP contribution < -0.4 is 10.7 Å². The van der Waals surface area contributed by atoms with Gasteiger partial charge in [-0.1, -0.05) is 29.3 Å². The third-order valence-corrected chi connectivity index (χ3v) is 3.69. The Balaban J connectivity index is 2.08. The molecule has 0 aliphatic rings. The third-order valence-electron chi connectivity index (χ3n) is 3.28. The average Bonchev–Trinajstić information content (AvgIpc) is 2.52. The van der Waals surface area contributed by atoms with Crippen molar-refractivity contribution in [2.75, 3.05) is 5.32 Å². The molecule has 0 saturated carbocycles. The van der Waals surface area contributed by atoms with E-state index in [2.05, 4.69) is 15.8 Å². The second-order valence-corrected chi connectivity index (χ2v) is 6.11. The van der Waals surface area contributed by atoms with Crippen LogP contribution in [0.25, 0.3) is 0 Å². The molecule has 0 heterocycles. The van der Waals surface area contributed by atoms with Crippen molar-refractivity contribution >= 4 is 46.5 Å². The smallest absolute Gasteiger partial charge is 0.312 e. The molecule has 2 aromatic rings. The molecule has 7 nitrogen and oxygen atoms in total. The van der Waals surface area contributed by atoms with Crippen molar-refractivity contribution in [2.24, 2.45) is 5.10 Å². The van der Waals surface area contributed by atoms with Gasteiger partial charge in [0.25, 0.3) is 0 Å². The number of thiocarbonyl (C=S) groups is 1. The number of anilines is 1. The van der Waals surface area contributed by atoms with Gasteiger partial charge in [-0.05, 0) is 43.8 Å². The van der Waals surface area contributed by atoms with Crippen molar-refractivity contribution in [1.29, 1.82) is 0 Å². The molecule has 0 unspecified atom stereocenters. The van der Waals surface area contributed by atoms with Crippen LogP contribution in [0.15, 0.2) is 35.4 Å². The van der Waals surface area contributed by atoms with Crippen LogP contribution in [0.5, 0.6) is 5.75 Å². The lowest BCUT2D eigenvalue weighted by molar-refractivity contribution is -0.385. The summed E-state index contributed by atoms with van der Waals surface area (Å²) in [7, 11) is 0. The zero-order valence-electron chi connectivity index (χ0n) is 13.4. The number of nitrogens with one attached hydrogen (secondary N) is 2. The Labute approximate surface area is 154 Å². The molecule has 2 aromatic carbocycles. The highest BCUT2D eigenvalue weighted by atomic mass is 35.5. The summed E-state index contributed by atoms with van der Waals surface area (Å²) >= 11 is 10.9. The van der Waals surface area contributed by atoms with Crippen LogP contribution in [-0.4, -0.2) is 21.4 Å². The van der Waals surface area contributed by atoms with E-state index in [-0.39, 0.29) is 15.7 Å². The van der Waals surface area contributed by atoms with Crippen molar-refractivity contribution in [2.45, 2.75) is 13.8 Å². The fourth-order valence-electron chi connectivity index (χ4n) is 2.11. The summed E-state index contributed by atoms with van der Waals surface area (Å²) in [6.07, 6.45) is 1.20. The van der Waals surface area contributed by atoms with Crippen LogP contribution in [0.2, 0.25) is 5.02 Å². The maximum atomic E-state index is 10.9. The second kappa shape index (κ2) is 7.91. The zero-order chi connectivity index (χ0) is 18.6. The highest BCUT2D eigenvalue weighted by molar-refractivity contribution is 7.80. The van der Waals surface area contributed by atoms with E-state index in [0.717, 1.165) is 22.9 Å². The largest absolute Gasteiger partial charge is 0.502 e. The Kier molecular flexibility index (Phi) is 5.89. The summed E-state index contributed by atoms with van der Waals surface area (Å²) < 4.78 is 0. The molecule has 0 fully saturated rings. The number of nitro benzene ring substituents is 1. The Morgan fingerprint density at radius 3 is 2.72 bits per heavy atom. The SMILES string of the molecule is Cc1ccc(NC(=S)NN=Cc2cc(Cl)cc([N+](=O)[O-])c2O)c(C)c1. The van der Waals surface area contributed by atoms with Crippen LogP contribution in [0, 0.1) is 24.0 Å². The lowest BCUT2D eigenvalue weighted by atomic mass is 10.1. The highest BCUT2D eigenvalue weighted by Gasteiger charge is 2.17. The molecule has 0 amide bonds. The maximum absolute atomic E-state index is 10.9. The summed E-state index contributed by atoms with van der Waals surface area (Å²) in [5.74, 6) is -0.520. The number of phenols is 1. The number of hydrogen-bond donors (Lipinski definition) is 3. The molecule has 2 rings (SSSR count). The molecule has 0 radical (unpaired) electrons. The normalized spacial score (nSPS) is 10.7. The number of aryl methyl sites for hydroxylation is 2. The minimum Gasteiger partial charge on any atom is -0.502 e. The predicted octanol–water partition coefficient (Wildman–Crippen LogP) is 3.89. The van der Waals surface area contributed by atoms with Gasteiger partial charge in [0.15, 0.2) is 5.11 Å². The lowest BCUT2D eigenvalue weighted by Gasteiger charge is -2.10. The Hall–Kier alpha value is -2.71. The maximum Gasteiger partial charge on any atom is 0.312 e. The molecular weight excluding hydrogens is 364 g/mol. The van der Waals surface area contributed by atoms with Gasteiger partial charge in [0.05, 0.1) is 11.1 Å². The Morgan fingerprint density at radius 1 is 1.36 bits per heavy atom. The van der Waals surface area contributed by atoms with Gasteiger partial charge >= 0.3 is 5.69 Å². The van der Waals surface area contributed by atoms with Gasteiger partial charge in [-0.15, -0.1) is 0 Å². The van der Waals surface area contributed by atoms with Crippen LogP contribution in [0.1, 0.15) is 16.7 Å². The van der Waals surface area contributed by atoms with Crippen LogP contribution in [0.4, 0.5) is 11.4 Å². The van der Waals surface area contributed by atoms with Crippen molar-refractivity contribution in [1.82, 2.24) is 5.43 Å². The van der Waals surface area contributed by atoms with Crippen LogP contribution in [0.3, 0.4) is 0 Å². The molecular formula is C16H15ClN4O3S. The summed E-state index contributed by atoms with van der Waals surface area (Å²) in [5, 5.41) is 27.9. The number of aromatic hydroxyl groups is 1. The summed E-state index contributed by atoms with van der Waals surface area (Å²) in [6.45, 7) is 3.94. The second-order valence-electron chi connectivity index (χ2n) is 5.26. The van der Waals surface area contributed by atoms with Crippen molar-refractivity contribution < 1.29 is 10.0 Å². The van der Waals surface area contributed by atoms with E-state index in [1.807, 2.05) is 32.0 Å². The number of nitro groups is 1. The van der Waals surface area contributed by atoms with Crippen molar-refractivity contribution in [3.8, 4) is 5.75 Å². The van der Waals surface area contributed by atoms with E-state index in [0.29, 0.717) is 0 Å². The number of hydrazone groups is 1. The molecule has 130 valence electrons. The van der Waals surface area contributed by atoms with Gasteiger partial charge in [-0.25, -0.2) is 0 Å². The van der Waals surface area contributed by atoms with Gasteiger partial charge < -0.3 is 10.4 Å². The Morgan fingerprint density at radius 2 is 2.08 bits per heavy atom.